The van der Waals surface area contributed by atoms with E-state index >= 15 is 0 Å². The van der Waals surface area contributed by atoms with E-state index in [-0.39, 0.29) is 18.1 Å². The molecule has 0 heterocycles. The molecule has 1 amide bonds. The van der Waals surface area contributed by atoms with Gasteiger partial charge in [-0.3, -0.25) is 4.79 Å². The van der Waals surface area contributed by atoms with Crippen LogP contribution in [0.2, 0.25) is 0 Å². The summed E-state index contributed by atoms with van der Waals surface area (Å²) in [7, 11) is 0. The fourth-order valence-electron chi connectivity index (χ4n) is 1.70. The van der Waals surface area contributed by atoms with E-state index in [0.717, 1.165) is 17.0 Å². The molecule has 1 aromatic rings. The molecule has 1 atom stereocenters. The van der Waals surface area contributed by atoms with Crippen LogP contribution in [-0.4, -0.2) is 18.1 Å². The van der Waals surface area contributed by atoms with E-state index in [4.69, 9.17) is 10.5 Å². The number of amides is 1. The first-order chi connectivity index (χ1) is 8.43. The van der Waals surface area contributed by atoms with E-state index in [2.05, 4.69) is 5.32 Å². The molecule has 1 aromatic carbocycles. The average molecular weight is 250 g/mol. The maximum atomic E-state index is 11.2. The van der Waals surface area contributed by atoms with Crippen molar-refractivity contribution in [2.75, 3.05) is 5.32 Å². The Morgan fingerprint density at radius 1 is 1.44 bits per heavy atom. The molecule has 3 N–H and O–H groups in total. The SMILES string of the molecule is CC[C@@H](Nc1ccc(OC(C)C)c(C)c1)C(N)=O. The molecule has 0 bridgehead atoms. The van der Waals surface area contributed by atoms with Gasteiger partial charge in [0.05, 0.1) is 6.10 Å². The summed E-state index contributed by atoms with van der Waals surface area (Å²) in [6, 6.07) is 5.44. The molecule has 0 aliphatic heterocycles. The second kappa shape index (κ2) is 6.28. The van der Waals surface area contributed by atoms with Gasteiger partial charge in [-0.1, -0.05) is 6.92 Å². The zero-order valence-electron chi connectivity index (χ0n) is 11.5. The Kier molecular flexibility index (Phi) is 5.01. The summed E-state index contributed by atoms with van der Waals surface area (Å²) in [6.07, 6.45) is 0.815. The molecule has 18 heavy (non-hydrogen) atoms. The lowest BCUT2D eigenvalue weighted by atomic mass is 10.1. The average Bonchev–Trinajstić information content (AvgIpc) is 2.28. The van der Waals surface area contributed by atoms with Crippen molar-refractivity contribution in [1.82, 2.24) is 0 Å². The number of ether oxygens (including phenoxy) is 1. The van der Waals surface area contributed by atoms with Crippen LogP contribution >= 0.6 is 0 Å². The maximum absolute atomic E-state index is 11.2. The molecule has 4 nitrogen and oxygen atoms in total. The minimum Gasteiger partial charge on any atom is -0.491 e. The fourth-order valence-corrected chi connectivity index (χ4v) is 1.70. The van der Waals surface area contributed by atoms with Crippen molar-refractivity contribution in [3.63, 3.8) is 0 Å². The normalized spacial score (nSPS) is 12.3. The van der Waals surface area contributed by atoms with Crippen LogP contribution in [0.4, 0.5) is 5.69 Å². The third-order valence-electron chi connectivity index (χ3n) is 2.63. The molecule has 0 saturated heterocycles. The van der Waals surface area contributed by atoms with E-state index in [1.807, 2.05) is 45.9 Å². The van der Waals surface area contributed by atoms with Crippen molar-refractivity contribution >= 4 is 11.6 Å². The Morgan fingerprint density at radius 2 is 2.11 bits per heavy atom. The van der Waals surface area contributed by atoms with Gasteiger partial charge >= 0.3 is 0 Å². The molecule has 0 aliphatic rings. The number of hydrogen-bond acceptors (Lipinski definition) is 3. The second-order valence-electron chi connectivity index (χ2n) is 4.65. The minimum absolute atomic E-state index is 0.150. The number of aryl methyl sites for hydroxylation is 1. The van der Waals surface area contributed by atoms with E-state index < -0.39 is 0 Å². The lowest BCUT2D eigenvalue weighted by molar-refractivity contribution is -0.118. The van der Waals surface area contributed by atoms with E-state index in [1.165, 1.54) is 0 Å². The maximum Gasteiger partial charge on any atom is 0.239 e. The van der Waals surface area contributed by atoms with Crippen LogP contribution in [0.1, 0.15) is 32.8 Å². The monoisotopic (exact) mass is 250 g/mol. The number of benzene rings is 1. The summed E-state index contributed by atoms with van der Waals surface area (Å²) >= 11 is 0. The molecular weight excluding hydrogens is 228 g/mol. The van der Waals surface area contributed by atoms with Crippen LogP contribution in [0.15, 0.2) is 18.2 Å². The van der Waals surface area contributed by atoms with Gasteiger partial charge in [0.2, 0.25) is 5.91 Å². The van der Waals surface area contributed by atoms with Gasteiger partial charge in [0.15, 0.2) is 0 Å². The standard InChI is InChI=1S/C14H22N2O2/c1-5-12(14(15)17)16-11-6-7-13(10(4)8-11)18-9(2)3/h6-9,12,16H,5H2,1-4H3,(H2,15,17)/t12-/m1/s1. The van der Waals surface area contributed by atoms with E-state index in [0.29, 0.717) is 6.42 Å². The first-order valence-electron chi connectivity index (χ1n) is 6.27. The van der Waals surface area contributed by atoms with Crippen LogP contribution < -0.4 is 15.8 Å². The van der Waals surface area contributed by atoms with Gasteiger partial charge in [0, 0.05) is 5.69 Å². The summed E-state index contributed by atoms with van der Waals surface area (Å²) in [4.78, 5) is 11.2. The topological polar surface area (TPSA) is 64.3 Å². The summed E-state index contributed by atoms with van der Waals surface area (Å²) in [5, 5.41) is 3.12. The highest BCUT2D eigenvalue weighted by Crippen LogP contribution is 2.23. The Bertz CT molecular complexity index is 416. The Labute approximate surface area is 109 Å². The molecule has 0 radical (unpaired) electrons. The number of carbonyl (C=O) groups excluding carboxylic acids is 1. The number of carbonyl (C=O) groups is 1. The van der Waals surface area contributed by atoms with Crippen molar-refractivity contribution in [3.8, 4) is 5.75 Å². The second-order valence-corrected chi connectivity index (χ2v) is 4.65. The Balaban J connectivity index is 2.80. The highest BCUT2D eigenvalue weighted by Gasteiger charge is 2.12. The number of nitrogens with two attached hydrogens (primary N) is 1. The zero-order valence-corrected chi connectivity index (χ0v) is 11.5. The van der Waals surface area contributed by atoms with Crippen molar-refractivity contribution < 1.29 is 9.53 Å². The van der Waals surface area contributed by atoms with E-state index in [1.54, 1.807) is 0 Å². The van der Waals surface area contributed by atoms with Gasteiger partial charge in [-0.15, -0.1) is 0 Å². The Morgan fingerprint density at radius 3 is 2.56 bits per heavy atom. The molecule has 0 saturated carbocycles. The number of rotatable bonds is 6. The van der Waals surface area contributed by atoms with Crippen LogP contribution in [0.5, 0.6) is 5.75 Å². The smallest absolute Gasteiger partial charge is 0.239 e. The highest BCUT2D eigenvalue weighted by molar-refractivity contribution is 5.82. The number of nitrogens with one attached hydrogen (secondary N) is 1. The van der Waals surface area contributed by atoms with Gasteiger partial charge in [-0.2, -0.15) is 0 Å². The largest absolute Gasteiger partial charge is 0.491 e. The van der Waals surface area contributed by atoms with Gasteiger partial charge in [-0.05, 0) is 51.0 Å². The predicted octanol–water partition coefficient (Wildman–Crippen LogP) is 2.46. The van der Waals surface area contributed by atoms with Crippen LogP contribution in [0.3, 0.4) is 0 Å². The summed E-state index contributed by atoms with van der Waals surface area (Å²) in [5.74, 6) is 0.528. The fraction of sp³-hybridized carbons (Fsp3) is 0.500. The lowest BCUT2D eigenvalue weighted by Gasteiger charge is -2.17. The molecular formula is C14H22N2O2. The van der Waals surface area contributed by atoms with Crippen LogP contribution in [0.25, 0.3) is 0 Å². The lowest BCUT2D eigenvalue weighted by Crippen LogP contribution is -2.34. The molecule has 4 heteroatoms. The van der Waals surface area contributed by atoms with Gasteiger partial charge in [-0.25, -0.2) is 0 Å². The Hall–Kier alpha value is -1.71. The third-order valence-corrected chi connectivity index (χ3v) is 2.63. The predicted molar refractivity (Wildman–Crippen MR) is 73.8 cm³/mol. The number of anilines is 1. The van der Waals surface area contributed by atoms with Gasteiger partial charge < -0.3 is 15.8 Å². The highest BCUT2D eigenvalue weighted by atomic mass is 16.5. The summed E-state index contributed by atoms with van der Waals surface area (Å²) < 4.78 is 5.66. The minimum atomic E-state index is -0.335. The summed E-state index contributed by atoms with van der Waals surface area (Å²) in [5.41, 5.74) is 7.22. The molecule has 0 unspecified atom stereocenters. The molecule has 100 valence electrons. The molecule has 0 fully saturated rings. The van der Waals surface area contributed by atoms with Gasteiger partial charge in [0.1, 0.15) is 11.8 Å². The van der Waals surface area contributed by atoms with Crippen molar-refractivity contribution in [2.24, 2.45) is 5.73 Å². The molecule has 0 aliphatic carbocycles. The van der Waals surface area contributed by atoms with Crippen molar-refractivity contribution in [3.05, 3.63) is 23.8 Å². The number of hydrogen-bond donors (Lipinski definition) is 2. The zero-order chi connectivity index (χ0) is 13.7. The van der Waals surface area contributed by atoms with Crippen LogP contribution in [0, 0.1) is 6.92 Å². The number of primary amides is 1. The summed E-state index contributed by atoms with van der Waals surface area (Å²) in [6.45, 7) is 7.89. The van der Waals surface area contributed by atoms with Crippen LogP contribution in [-0.2, 0) is 4.79 Å². The molecule has 1 rings (SSSR count). The molecule has 0 aromatic heterocycles. The third kappa shape index (κ3) is 3.95. The molecule has 0 spiro atoms. The first-order valence-corrected chi connectivity index (χ1v) is 6.27. The quantitative estimate of drug-likeness (QED) is 0.815. The van der Waals surface area contributed by atoms with E-state index in [9.17, 15) is 4.79 Å². The first kappa shape index (κ1) is 14.4. The van der Waals surface area contributed by atoms with Crippen molar-refractivity contribution in [1.29, 1.82) is 0 Å². The van der Waals surface area contributed by atoms with Crippen molar-refractivity contribution in [2.45, 2.75) is 46.3 Å². The van der Waals surface area contributed by atoms with Gasteiger partial charge in [0.25, 0.3) is 0 Å².